The molecular formula is C25H17F2O2S+. The van der Waals surface area contributed by atoms with E-state index in [-0.39, 0.29) is 5.75 Å². The van der Waals surface area contributed by atoms with Crippen molar-refractivity contribution in [1.82, 2.24) is 0 Å². The Kier molecular flexibility index (Phi) is 5.91. The first-order valence-electron chi connectivity index (χ1n) is 9.23. The topological polar surface area (TPSA) is 26.3 Å². The maximum absolute atomic E-state index is 13.4. The quantitative estimate of drug-likeness (QED) is 0.216. The fraction of sp³-hybridized carbons (Fsp3) is 0. The van der Waals surface area contributed by atoms with Crippen molar-refractivity contribution in [3.63, 3.8) is 0 Å². The van der Waals surface area contributed by atoms with E-state index in [2.05, 4.69) is 24.3 Å². The van der Waals surface area contributed by atoms with Crippen LogP contribution in [0.3, 0.4) is 0 Å². The van der Waals surface area contributed by atoms with Gasteiger partial charge in [0.25, 0.3) is 0 Å². The zero-order valence-electron chi connectivity index (χ0n) is 15.8. The van der Waals surface area contributed by atoms with Gasteiger partial charge in [0.15, 0.2) is 26.3 Å². The Morgan fingerprint density at radius 2 is 1.23 bits per heavy atom. The molecule has 0 fully saturated rings. The van der Waals surface area contributed by atoms with Crippen molar-refractivity contribution in [3.05, 3.63) is 120 Å². The van der Waals surface area contributed by atoms with E-state index < -0.39 is 28.5 Å². The molecule has 0 atom stereocenters. The third-order valence-corrected chi connectivity index (χ3v) is 6.58. The van der Waals surface area contributed by atoms with Gasteiger partial charge < -0.3 is 4.74 Å². The molecule has 30 heavy (non-hydrogen) atoms. The maximum atomic E-state index is 13.4. The first-order chi connectivity index (χ1) is 14.6. The highest BCUT2D eigenvalue weighted by Crippen LogP contribution is 2.31. The highest BCUT2D eigenvalue weighted by atomic mass is 32.2. The van der Waals surface area contributed by atoms with Crippen molar-refractivity contribution in [3.8, 4) is 5.75 Å². The number of carbonyl (C=O) groups is 1. The average Bonchev–Trinajstić information content (AvgIpc) is 2.78. The summed E-state index contributed by atoms with van der Waals surface area (Å²) < 4.78 is 31.8. The summed E-state index contributed by atoms with van der Waals surface area (Å²) in [4.78, 5) is 15.8. The van der Waals surface area contributed by atoms with Crippen molar-refractivity contribution >= 4 is 16.9 Å². The molecule has 0 amide bonds. The molecule has 0 aliphatic carbocycles. The summed E-state index contributed by atoms with van der Waals surface area (Å²) in [5.74, 6) is -2.74. The van der Waals surface area contributed by atoms with Crippen LogP contribution < -0.4 is 4.74 Å². The molecule has 0 saturated heterocycles. The monoisotopic (exact) mass is 419 g/mol. The second kappa shape index (κ2) is 8.93. The van der Waals surface area contributed by atoms with E-state index >= 15 is 0 Å². The van der Waals surface area contributed by atoms with E-state index in [0.29, 0.717) is 5.56 Å². The van der Waals surface area contributed by atoms with Crippen LogP contribution in [0, 0.1) is 11.6 Å². The van der Waals surface area contributed by atoms with Crippen molar-refractivity contribution in [2.24, 2.45) is 0 Å². The minimum atomic E-state index is -1.07. The van der Waals surface area contributed by atoms with Gasteiger partial charge in [-0.15, -0.1) is 0 Å². The molecule has 4 aromatic rings. The molecule has 0 heterocycles. The molecule has 0 saturated carbocycles. The minimum Gasteiger partial charge on any atom is -0.423 e. The van der Waals surface area contributed by atoms with Crippen LogP contribution in [0.25, 0.3) is 0 Å². The van der Waals surface area contributed by atoms with Crippen LogP contribution in [0.5, 0.6) is 5.75 Å². The molecule has 148 valence electrons. The number of hydrogen-bond donors (Lipinski definition) is 0. The molecule has 0 bridgehead atoms. The lowest BCUT2D eigenvalue weighted by Gasteiger charge is -2.09. The zero-order valence-corrected chi connectivity index (χ0v) is 16.6. The first kappa shape index (κ1) is 19.9. The first-order valence-corrected chi connectivity index (χ1v) is 10.5. The highest BCUT2D eigenvalue weighted by Gasteiger charge is 2.29. The van der Waals surface area contributed by atoms with E-state index in [4.69, 9.17) is 4.74 Å². The van der Waals surface area contributed by atoms with E-state index in [1.54, 1.807) is 18.2 Å². The Labute approximate surface area is 176 Å². The standard InChI is InChI=1S/C25H17F2O2S/c26-23-15-14-19(17-24(23)27)29-25(28)18-8-7-13-22(16-18)30(20-9-3-1-4-10-20)21-11-5-2-6-12-21/h1-17H/q+1. The van der Waals surface area contributed by atoms with Crippen LogP contribution in [-0.2, 0) is 10.9 Å². The fourth-order valence-electron chi connectivity index (χ4n) is 2.98. The molecule has 0 unspecified atom stereocenters. The van der Waals surface area contributed by atoms with Crippen LogP contribution in [0.1, 0.15) is 10.4 Å². The zero-order chi connectivity index (χ0) is 20.9. The Hall–Kier alpha value is -3.44. The van der Waals surface area contributed by atoms with Crippen molar-refractivity contribution < 1.29 is 18.3 Å². The van der Waals surface area contributed by atoms with Crippen molar-refractivity contribution in [2.45, 2.75) is 14.7 Å². The summed E-state index contributed by atoms with van der Waals surface area (Å²) >= 11 is 0. The lowest BCUT2D eigenvalue weighted by Crippen LogP contribution is -2.11. The van der Waals surface area contributed by atoms with Crippen LogP contribution >= 0.6 is 0 Å². The number of hydrogen-bond acceptors (Lipinski definition) is 2. The molecule has 0 aromatic heterocycles. The average molecular weight is 419 g/mol. The van der Waals surface area contributed by atoms with Crippen LogP contribution in [0.2, 0.25) is 0 Å². The molecule has 0 radical (unpaired) electrons. The number of ether oxygens (including phenoxy) is 1. The Balaban J connectivity index is 1.68. The normalized spacial score (nSPS) is 10.8. The largest absolute Gasteiger partial charge is 0.423 e. The smallest absolute Gasteiger partial charge is 0.343 e. The minimum absolute atomic E-state index is 0.0468. The van der Waals surface area contributed by atoms with Gasteiger partial charge in [0.05, 0.1) is 16.5 Å². The van der Waals surface area contributed by atoms with Crippen LogP contribution in [0.4, 0.5) is 8.78 Å². The second-order valence-corrected chi connectivity index (χ2v) is 8.45. The molecule has 2 nitrogen and oxygen atoms in total. The van der Waals surface area contributed by atoms with Crippen LogP contribution in [0.15, 0.2) is 118 Å². The Morgan fingerprint density at radius 3 is 1.83 bits per heavy atom. The lowest BCUT2D eigenvalue weighted by molar-refractivity contribution is 0.0734. The van der Waals surface area contributed by atoms with Gasteiger partial charge in [-0.2, -0.15) is 0 Å². The van der Waals surface area contributed by atoms with Gasteiger partial charge in [-0.05, 0) is 48.5 Å². The SMILES string of the molecule is O=C(Oc1ccc(F)c(F)c1)c1cccc([S+](c2ccccc2)c2ccccc2)c1. The summed E-state index contributed by atoms with van der Waals surface area (Å²) in [6.45, 7) is 0. The molecule has 5 heteroatoms. The van der Waals surface area contributed by atoms with E-state index in [1.165, 1.54) is 6.07 Å². The Morgan fingerprint density at radius 1 is 0.633 bits per heavy atom. The lowest BCUT2D eigenvalue weighted by atomic mass is 10.2. The molecule has 4 aromatic carbocycles. The summed E-state index contributed by atoms with van der Waals surface area (Å²) in [5.41, 5.74) is 0.335. The third kappa shape index (κ3) is 4.42. The highest BCUT2D eigenvalue weighted by molar-refractivity contribution is 7.97. The van der Waals surface area contributed by atoms with Gasteiger partial charge in [0, 0.05) is 12.1 Å². The van der Waals surface area contributed by atoms with Gasteiger partial charge in [0.2, 0.25) is 0 Å². The maximum Gasteiger partial charge on any atom is 0.343 e. The van der Waals surface area contributed by atoms with Gasteiger partial charge in [0.1, 0.15) is 5.75 Å². The number of benzene rings is 4. The molecular weight excluding hydrogens is 402 g/mol. The van der Waals surface area contributed by atoms with E-state index in [1.807, 2.05) is 42.5 Å². The number of carbonyl (C=O) groups excluding carboxylic acids is 1. The number of halogens is 2. The third-order valence-electron chi connectivity index (χ3n) is 4.36. The summed E-state index contributed by atoms with van der Waals surface area (Å²) in [5, 5.41) is 0. The molecule has 0 aliphatic heterocycles. The van der Waals surface area contributed by atoms with Gasteiger partial charge in [-0.25, -0.2) is 13.6 Å². The molecule has 0 N–H and O–H groups in total. The predicted octanol–water partition coefficient (Wildman–Crippen LogP) is 6.28. The van der Waals surface area contributed by atoms with Gasteiger partial charge in [-0.3, -0.25) is 0 Å². The summed E-state index contributed by atoms with van der Waals surface area (Å²) in [6, 6.07) is 30.3. The predicted molar refractivity (Wildman–Crippen MR) is 113 cm³/mol. The fourth-order valence-corrected chi connectivity index (χ4v) is 5.11. The summed E-state index contributed by atoms with van der Waals surface area (Å²) in [6.07, 6.45) is 0. The molecule has 0 aliphatic rings. The van der Waals surface area contributed by atoms with E-state index in [0.717, 1.165) is 26.8 Å². The van der Waals surface area contributed by atoms with Gasteiger partial charge in [-0.1, -0.05) is 42.5 Å². The number of rotatable bonds is 5. The molecule has 0 spiro atoms. The van der Waals surface area contributed by atoms with E-state index in [9.17, 15) is 13.6 Å². The van der Waals surface area contributed by atoms with Gasteiger partial charge >= 0.3 is 5.97 Å². The number of esters is 1. The van der Waals surface area contributed by atoms with Crippen molar-refractivity contribution in [1.29, 1.82) is 0 Å². The Bertz CT molecular complexity index is 1120. The van der Waals surface area contributed by atoms with Crippen molar-refractivity contribution in [2.75, 3.05) is 0 Å². The molecule has 4 rings (SSSR count). The second-order valence-electron chi connectivity index (χ2n) is 6.43. The van der Waals surface area contributed by atoms with Crippen LogP contribution in [-0.4, -0.2) is 5.97 Å². The summed E-state index contributed by atoms with van der Waals surface area (Å²) in [7, 11) is -0.412.